The number of halogens is 3. The third-order valence-electron chi connectivity index (χ3n) is 4.95. The Labute approximate surface area is 213 Å². The van der Waals surface area contributed by atoms with Gasteiger partial charge in [-0.15, -0.1) is 11.3 Å². The van der Waals surface area contributed by atoms with E-state index >= 15 is 0 Å². The smallest absolute Gasteiger partial charge is 0.433 e. The fourth-order valence-corrected chi connectivity index (χ4v) is 5.19. The van der Waals surface area contributed by atoms with Gasteiger partial charge in [0.05, 0.1) is 24.7 Å². The fraction of sp³-hybridized carbons (Fsp3) is 0.130. The number of anilines is 2. The van der Waals surface area contributed by atoms with Crippen LogP contribution in [0.4, 0.5) is 24.5 Å². The van der Waals surface area contributed by atoms with Crippen LogP contribution in [-0.4, -0.2) is 36.4 Å². The molecular formula is C23H18F3N5O4S2. The second-order valence-corrected chi connectivity index (χ2v) is 10.1. The summed E-state index contributed by atoms with van der Waals surface area (Å²) in [5.74, 6) is -0.935. The highest BCUT2D eigenvalue weighted by atomic mass is 32.2. The summed E-state index contributed by atoms with van der Waals surface area (Å²) in [7, 11) is -3.31. The average Bonchev–Trinajstić information content (AvgIpc) is 3.36. The number of sulfonamides is 1. The molecule has 0 saturated carbocycles. The minimum Gasteiger partial charge on any atom is -0.480 e. The Kier molecular flexibility index (Phi) is 7.14. The summed E-state index contributed by atoms with van der Waals surface area (Å²) >= 11 is 1.26. The highest BCUT2D eigenvalue weighted by Gasteiger charge is 2.33. The molecule has 0 bridgehead atoms. The molecule has 0 radical (unpaired) electrons. The van der Waals surface area contributed by atoms with Crippen LogP contribution in [0.1, 0.15) is 21.7 Å². The molecule has 3 heterocycles. The van der Waals surface area contributed by atoms with E-state index in [1.54, 1.807) is 5.38 Å². The monoisotopic (exact) mass is 549 g/mol. The van der Waals surface area contributed by atoms with E-state index in [0.29, 0.717) is 11.1 Å². The first-order chi connectivity index (χ1) is 17.5. The molecule has 9 nitrogen and oxygen atoms in total. The third kappa shape index (κ3) is 5.86. The van der Waals surface area contributed by atoms with Crippen LogP contribution in [0, 0.1) is 6.92 Å². The molecule has 2 N–H and O–H groups in total. The molecule has 192 valence electrons. The summed E-state index contributed by atoms with van der Waals surface area (Å²) in [6, 6.07) is 10.9. The van der Waals surface area contributed by atoms with Crippen LogP contribution in [0.5, 0.6) is 5.88 Å². The van der Waals surface area contributed by atoms with Crippen LogP contribution < -0.4 is 14.8 Å². The molecule has 0 atom stereocenters. The minimum atomic E-state index is -4.77. The molecule has 1 amide bonds. The van der Waals surface area contributed by atoms with Gasteiger partial charge in [0.15, 0.2) is 4.90 Å². The first kappa shape index (κ1) is 26.0. The predicted octanol–water partition coefficient (Wildman–Crippen LogP) is 4.99. The summed E-state index contributed by atoms with van der Waals surface area (Å²) < 4.78 is 72.6. The van der Waals surface area contributed by atoms with Crippen molar-refractivity contribution in [2.75, 3.05) is 17.1 Å². The second-order valence-electron chi connectivity index (χ2n) is 7.58. The van der Waals surface area contributed by atoms with Gasteiger partial charge in [-0.05, 0) is 24.6 Å². The van der Waals surface area contributed by atoms with Crippen molar-refractivity contribution in [3.05, 3.63) is 77.2 Å². The third-order valence-corrected chi connectivity index (χ3v) is 7.21. The number of carbonyl (C=O) groups is 1. The maximum Gasteiger partial charge on any atom is 0.433 e. The lowest BCUT2D eigenvalue weighted by Crippen LogP contribution is -2.18. The Bertz CT molecular complexity index is 1560. The normalized spacial score (nSPS) is 11.7. The lowest BCUT2D eigenvalue weighted by molar-refractivity contribution is -0.141. The summed E-state index contributed by atoms with van der Waals surface area (Å²) in [4.78, 5) is 23.8. The Balaban J connectivity index is 1.60. The van der Waals surface area contributed by atoms with Crippen LogP contribution in [0.15, 0.2) is 65.1 Å². The minimum absolute atomic E-state index is 0.00265. The Morgan fingerprint density at radius 3 is 2.49 bits per heavy atom. The van der Waals surface area contributed by atoms with Gasteiger partial charge in [0, 0.05) is 17.1 Å². The number of nitrogens with one attached hydrogen (secondary N) is 2. The number of alkyl halides is 3. The van der Waals surface area contributed by atoms with Gasteiger partial charge in [-0.3, -0.25) is 14.5 Å². The number of amides is 1. The number of aromatic nitrogens is 3. The van der Waals surface area contributed by atoms with Gasteiger partial charge in [0.1, 0.15) is 16.4 Å². The van der Waals surface area contributed by atoms with E-state index in [4.69, 9.17) is 4.74 Å². The number of rotatable bonds is 7. The van der Waals surface area contributed by atoms with Gasteiger partial charge in [-0.1, -0.05) is 30.3 Å². The Hall–Kier alpha value is -4.04. The number of ether oxygens (including phenoxy) is 1. The second kappa shape index (κ2) is 10.1. The molecule has 0 fully saturated rings. The van der Waals surface area contributed by atoms with Crippen LogP contribution in [-0.2, 0) is 16.2 Å². The van der Waals surface area contributed by atoms with Crippen LogP contribution in [0.2, 0.25) is 0 Å². The molecule has 0 spiro atoms. The van der Waals surface area contributed by atoms with Gasteiger partial charge in [0.25, 0.3) is 15.9 Å². The van der Waals surface area contributed by atoms with E-state index in [9.17, 15) is 26.4 Å². The van der Waals surface area contributed by atoms with Crippen molar-refractivity contribution in [3.63, 3.8) is 0 Å². The molecule has 0 aliphatic carbocycles. The Morgan fingerprint density at radius 1 is 1.08 bits per heavy atom. The summed E-state index contributed by atoms with van der Waals surface area (Å²) in [6.45, 7) is 1.40. The van der Waals surface area contributed by atoms with Gasteiger partial charge in [-0.25, -0.2) is 18.4 Å². The van der Waals surface area contributed by atoms with Crippen LogP contribution >= 0.6 is 11.3 Å². The zero-order valence-electron chi connectivity index (χ0n) is 19.2. The Morgan fingerprint density at radius 2 is 1.81 bits per heavy atom. The van der Waals surface area contributed by atoms with Crippen molar-refractivity contribution >= 4 is 38.6 Å². The summed E-state index contributed by atoms with van der Waals surface area (Å²) in [6.07, 6.45) is -2.68. The van der Waals surface area contributed by atoms with Crippen LogP contribution in [0.3, 0.4) is 0 Å². The number of pyridine rings is 2. The molecule has 37 heavy (non-hydrogen) atoms. The molecule has 14 heteroatoms. The first-order valence-electron chi connectivity index (χ1n) is 10.4. The lowest BCUT2D eigenvalue weighted by atomic mass is 10.2. The fourth-order valence-electron chi connectivity index (χ4n) is 3.12. The molecule has 0 aliphatic rings. The molecule has 0 aliphatic heterocycles. The van der Waals surface area contributed by atoms with Crippen molar-refractivity contribution in [2.24, 2.45) is 0 Å². The number of hydrogen-bond donors (Lipinski definition) is 2. The number of benzene rings is 1. The van der Waals surface area contributed by atoms with E-state index in [-0.39, 0.29) is 28.5 Å². The highest BCUT2D eigenvalue weighted by Crippen LogP contribution is 2.32. The van der Waals surface area contributed by atoms with Gasteiger partial charge < -0.3 is 10.1 Å². The van der Waals surface area contributed by atoms with E-state index in [0.717, 1.165) is 17.8 Å². The molecular weight excluding hydrogens is 531 g/mol. The van der Waals surface area contributed by atoms with Crippen molar-refractivity contribution in [1.82, 2.24) is 15.0 Å². The number of carbonyl (C=O) groups excluding carboxylic acids is 1. The molecule has 0 unspecified atom stereocenters. The largest absolute Gasteiger partial charge is 0.480 e. The molecule has 0 saturated heterocycles. The van der Waals surface area contributed by atoms with E-state index in [2.05, 4.69) is 25.0 Å². The zero-order chi connectivity index (χ0) is 26.8. The first-order valence-corrected chi connectivity index (χ1v) is 12.8. The molecule has 4 rings (SSSR count). The number of aryl methyl sites for hydroxylation is 1. The molecule has 4 aromatic rings. The molecule has 1 aromatic carbocycles. The van der Waals surface area contributed by atoms with Gasteiger partial charge in [0.2, 0.25) is 5.88 Å². The maximum atomic E-state index is 13.1. The lowest BCUT2D eigenvalue weighted by Gasteiger charge is -2.15. The summed E-state index contributed by atoms with van der Waals surface area (Å²) in [5.41, 5.74) is -0.491. The predicted molar refractivity (Wildman–Crippen MR) is 131 cm³/mol. The van der Waals surface area contributed by atoms with E-state index in [1.165, 1.54) is 31.6 Å². The standard InChI is InChI=1S/C23H18F3N5O4S2/c1-13-10-27-19(23(24,25)26)9-16(13)31-37(33,34)18-8-15(11-28-21(18)35-2)29-20(32)17-12-36-22(30-17)14-6-4-3-5-7-14/h3-12H,1-2H3,(H,27,31)(H,29,32). The summed E-state index contributed by atoms with van der Waals surface area (Å²) in [5, 5.41) is 4.70. The van der Waals surface area contributed by atoms with E-state index < -0.39 is 32.7 Å². The molecule has 3 aromatic heterocycles. The van der Waals surface area contributed by atoms with Crippen molar-refractivity contribution in [1.29, 1.82) is 0 Å². The van der Waals surface area contributed by atoms with Crippen molar-refractivity contribution < 1.29 is 31.1 Å². The van der Waals surface area contributed by atoms with Gasteiger partial charge >= 0.3 is 6.18 Å². The van der Waals surface area contributed by atoms with Gasteiger partial charge in [-0.2, -0.15) is 13.2 Å². The SMILES string of the molecule is COc1ncc(NC(=O)c2csc(-c3ccccc3)n2)cc1S(=O)(=O)Nc1cc(C(F)(F)F)ncc1C. The number of nitrogens with zero attached hydrogens (tertiary/aromatic N) is 3. The number of hydrogen-bond acceptors (Lipinski definition) is 8. The van der Waals surface area contributed by atoms with Crippen molar-refractivity contribution in [2.45, 2.75) is 18.0 Å². The highest BCUT2D eigenvalue weighted by molar-refractivity contribution is 7.92. The number of thiazole rings is 1. The number of methoxy groups -OCH3 is 1. The average molecular weight is 550 g/mol. The zero-order valence-corrected chi connectivity index (χ0v) is 20.8. The topological polar surface area (TPSA) is 123 Å². The van der Waals surface area contributed by atoms with Crippen molar-refractivity contribution in [3.8, 4) is 16.5 Å². The van der Waals surface area contributed by atoms with Crippen LogP contribution in [0.25, 0.3) is 10.6 Å². The van der Waals surface area contributed by atoms with E-state index in [1.807, 2.05) is 30.3 Å². The quantitative estimate of drug-likeness (QED) is 0.333. The maximum absolute atomic E-state index is 13.1.